The highest BCUT2D eigenvalue weighted by atomic mass is 127. The first-order valence-corrected chi connectivity index (χ1v) is 8.69. The van der Waals surface area contributed by atoms with Gasteiger partial charge in [0, 0.05) is 27.7 Å². The van der Waals surface area contributed by atoms with Gasteiger partial charge in [0.25, 0.3) is 0 Å². The fraction of sp³-hybridized carbons (Fsp3) is 0.579. The first-order chi connectivity index (χ1) is 11.8. The summed E-state index contributed by atoms with van der Waals surface area (Å²) < 4.78 is 5.85. The molecule has 1 aromatic rings. The molecule has 0 aliphatic carbocycles. The largest absolute Gasteiger partial charge is 0.491 e. The van der Waals surface area contributed by atoms with Crippen molar-refractivity contribution in [2.45, 2.75) is 20.8 Å². The van der Waals surface area contributed by atoms with Crippen LogP contribution in [0.3, 0.4) is 0 Å². The Morgan fingerprint density at radius 2 is 1.88 bits per heavy atom. The number of rotatable bonds is 8. The quantitative estimate of drug-likeness (QED) is 0.356. The van der Waals surface area contributed by atoms with E-state index in [1.807, 2.05) is 43.1 Å². The molecule has 0 fully saturated rings. The summed E-state index contributed by atoms with van der Waals surface area (Å²) in [5, 5.41) is 3.32. The summed E-state index contributed by atoms with van der Waals surface area (Å²) in [6.45, 7) is 8.46. The maximum absolute atomic E-state index is 11.8. The molecule has 148 valence electrons. The molecule has 0 aromatic heterocycles. The van der Waals surface area contributed by atoms with Crippen LogP contribution in [0.4, 0.5) is 0 Å². The summed E-state index contributed by atoms with van der Waals surface area (Å²) in [7, 11) is 5.42. The number of hydrogen-bond acceptors (Lipinski definition) is 3. The third-order valence-corrected chi connectivity index (χ3v) is 3.67. The van der Waals surface area contributed by atoms with Gasteiger partial charge in [-0.05, 0) is 24.5 Å². The van der Waals surface area contributed by atoms with Crippen molar-refractivity contribution in [2.24, 2.45) is 10.9 Å². The molecule has 0 heterocycles. The third kappa shape index (κ3) is 9.26. The van der Waals surface area contributed by atoms with Crippen molar-refractivity contribution in [3.8, 4) is 5.75 Å². The van der Waals surface area contributed by atoms with Gasteiger partial charge < -0.3 is 19.9 Å². The second kappa shape index (κ2) is 12.8. The number of halogens is 1. The summed E-state index contributed by atoms with van der Waals surface area (Å²) in [5.74, 6) is 2.09. The molecule has 1 rings (SSSR count). The number of amides is 1. The molecular weight excluding hydrogens is 443 g/mol. The van der Waals surface area contributed by atoms with Gasteiger partial charge in [0.2, 0.25) is 5.91 Å². The highest BCUT2D eigenvalue weighted by Crippen LogP contribution is 2.15. The van der Waals surface area contributed by atoms with E-state index in [2.05, 4.69) is 24.2 Å². The van der Waals surface area contributed by atoms with Crippen molar-refractivity contribution in [1.29, 1.82) is 0 Å². The van der Waals surface area contributed by atoms with Crippen LogP contribution in [-0.2, 0) is 4.79 Å². The van der Waals surface area contributed by atoms with Crippen molar-refractivity contribution in [2.75, 3.05) is 47.4 Å². The maximum Gasteiger partial charge on any atom is 0.243 e. The molecule has 0 bridgehead atoms. The molecule has 26 heavy (non-hydrogen) atoms. The number of likely N-dealkylation sites (N-methyl/N-ethyl adjacent to an activating group) is 2. The first kappa shape index (κ1) is 24.5. The Kier molecular flexibility index (Phi) is 12.0. The molecule has 6 nitrogen and oxygen atoms in total. The fourth-order valence-electron chi connectivity index (χ4n) is 2.01. The number of ether oxygens (including phenoxy) is 1. The Morgan fingerprint density at radius 1 is 1.23 bits per heavy atom. The van der Waals surface area contributed by atoms with Crippen molar-refractivity contribution in [1.82, 2.24) is 15.1 Å². The van der Waals surface area contributed by atoms with Crippen molar-refractivity contribution < 1.29 is 9.53 Å². The van der Waals surface area contributed by atoms with E-state index in [-0.39, 0.29) is 36.4 Å². The SMILES string of the molecule is Cc1ccccc1OCCN(C)C(=NCC(=O)N(C)C)NCC(C)C.I. The van der Waals surface area contributed by atoms with Gasteiger partial charge in [0.05, 0.1) is 6.54 Å². The van der Waals surface area contributed by atoms with Crippen LogP contribution in [0.25, 0.3) is 0 Å². The fourth-order valence-corrected chi connectivity index (χ4v) is 2.01. The Morgan fingerprint density at radius 3 is 2.46 bits per heavy atom. The minimum Gasteiger partial charge on any atom is -0.491 e. The minimum atomic E-state index is -0.0200. The smallest absolute Gasteiger partial charge is 0.243 e. The van der Waals surface area contributed by atoms with Gasteiger partial charge in [-0.1, -0.05) is 32.0 Å². The summed E-state index contributed by atoms with van der Waals surface area (Å²) >= 11 is 0. The van der Waals surface area contributed by atoms with Gasteiger partial charge in [-0.25, -0.2) is 4.99 Å². The van der Waals surface area contributed by atoms with Gasteiger partial charge in [-0.2, -0.15) is 0 Å². The number of guanidine groups is 1. The van der Waals surface area contributed by atoms with E-state index < -0.39 is 0 Å². The van der Waals surface area contributed by atoms with Crippen LogP contribution in [-0.4, -0.2) is 69.1 Å². The Balaban J connectivity index is 0.00000625. The molecule has 1 aromatic carbocycles. The van der Waals surface area contributed by atoms with Crippen molar-refractivity contribution in [3.63, 3.8) is 0 Å². The van der Waals surface area contributed by atoms with Gasteiger partial charge >= 0.3 is 0 Å². The Labute approximate surface area is 175 Å². The Bertz CT molecular complexity index is 576. The number of carbonyl (C=O) groups excluding carboxylic acids is 1. The predicted molar refractivity (Wildman–Crippen MR) is 119 cm³/mol. The molecule has 7 heteroatoms. The molecule has 0 saturated carbocycles. The lowest BCUT2D eigenvalue weighted by molar-refractivity contribution is -0.127. The number of hydrogen-bond donors (Lipinski definition) is 1. The van der Waals surface area contributed by atoms with Crippen LogP contribution >= 0.6 is 24.0 Å². The van der Waals surface area contributed by atoms with E-state index in [1.165, 1.54) is 0 Å². The lowest BCUT2D eigenvalue weighted by atomic mass is 10.2. The summed E-state index contributed by atoms with van der Waals surface area (Å²) in [6.07, 6.45) is 0. The number of benzene rings is 1. The van der Waals surface area contributed by atoms with E-state index in [0.29, 0.717) is 19.1 Å². The predicted octanol–water partition coefficient (Wildman–Crippen LogP) is 2.61. The van der Waals surface area contributed by atoms with Crippen LogP contribution < -0.4 is 10.1 Å². The van der Waals surface area contributed by atoms with E-state index in [0.717, 1.165) is 23.8 Å². The van der Waals surface area contributed by atoms with Crippen LogP contribution in [0.15, 0.2) is 29.3 Å². The summed E-state index contributed by atoms with van der Waals surface area (Å²) in [6, 6.07) is 7.97. The molecule has 1 amide bonds. The maximum atomic E-state index is 11.8. The summed E-state index contributed by atoms with van der Waals surface area (Å²) in [5.41, 5.74) is 1.12. The van der Waals surface area contributed by atoms with Crippen molar-refractivity contribution in [3.05, 3.63) is 29.8 Å². The number of nitrogens with one attached hydrogen (secondary N) is 1. The van der Waals surface area contributed by atoms with Gasteiger partial charge in [0.1, 0.15) is 18.9 Å². The highest BCUT2D eigenvalue weighted by Gasteiger charge is 2.10. The molecule has 0 aliphatic rings. The topological polar surface area (TPSA) is 57.2 Å². The van der Waals surface area contributed by atoms with Gasteiger partial charge in [-0.3, -0.25) is 4.79 Å². The van der Waals surface area contributed by atoms with Crippen LogP contribution in [0.2, 0.25) is 0 Å². The second-order valence-corrected chi connectivity index (χ2v) is 6.74. The standard InChI is InChI=1S/C19H32N4O2.HI/c1-15(2)13-20-19(21-14-18(24)22(4)5)23(6)11-12-25-17-10-8-7-9-16(17)3;/h7-10,15H,11-14H2,1-6H3,(H,20,21);1H. The zero-order valence-corrected chi connectivity index (χ0v) is 19.1. The lowest BCUT2D eigenvalue weighted by Gasteiger charge is -2.23. The highest BCUT2D eigenvalue weighted by molar-refractivity contribution is 14.0. The Hall–Kier alpha value is -1.51. The molecule has 1 N–H and O–H groups in total. The zero-order valence-electron chi connectivity index (χ0n) is 16.8. The molecule has 0 saturated heterocycles. The molecule has 0 radical (unpaired) electrons. The average Bonchev–Trinajstić information content (AvgIpc) is 2.55. The minimum absolute atomic E-state index is 0. The lowest BCUT2D eigenvalue weighted by Crippen LogP contribution is -2.43. The number of para-hydroxylation sites is 1. The molecule has 0 spiro atoms. The van der Waals surface area contributed by atoms with Crippen LogP contribution in [0, 0.1) is 12.8 Å². The number of carbonyl (C=O) groups is 1. The third-order valence-electron chi connectivity index (χ3n) is 3.67. The summed E-state index contributed by atoms with van der Waals surface area (Å²) in [4.78, 5) is 19.8. The molecular formula is C19H33IN4O2. The number of nitrogens with zero attached hydrogens (tertiary/aromatic N) is 3. The molecule has 0 unspecified atom stereocenters. The van der Waals surface area contributed by atoms with Gasteiger partial charge in [-0.15, -0.1) is 24.0 Å². The van der Waals surface area contributed by atoms with E-state index in [1.54, 1.807) is 19.0 Å². The zero-order chi connectivity index (χ0) is 18.8. The normalized spacial score (nSPS) is 11.0. The van der Waals surface area contributed by atoms with E-state index in [9.17, 15) is 4.79 Å². The average molecular weight is 476 g/mol. The van der Waals surface area contributed by atoms with Crippen LogP contribution in [0.5, 0.6) is 5.75 Å². The number of aliphatic imine (C=N–C) groups is 1. The van der Waals surface area contributed by atoms with E-state index in [4.69, 9.17) is 4.74 Å². The molecule has 0 aliphatic heterocycles. The van der Waals surface area contributed by atoms with Crippen LogP contribution in [0.1, 0.15) is 19.4 Å². The van der Waals surface area contributed by atoms with Gasteiger partial charge in [0.15, 0.2) is 5.96 Å². The first-order valence-electron chi connectivity index (χ1n) is 8.69. The van der Waals surface area contributed by atoms with Crippen molar-refractivity contribution >= 4 is 35.8 Å². The molecule has 0 atom stereocenters. The number of aryl methyl sites for hydroxylation is 1. The monoisotopic (exact) mass is 476 g/mol. The van der Waals surface area contributed by atoms with E-state index >= 15 is 0 Å². The second-order valence-electron chi connectivity index (χ2n) is 6.74.